The second-order valence-electron chi connectivity index (χ2n) is 3.43. The van der Waals surface area contributed by atoms with E-state index in [1.54, 1.807) is 13.0 Å². The van der Waals surface area contributed by atoms with Gasteiger partial charge in [-0.25, -0.2) is 4.39 Å². The molecule has 1 aromatic rings. The second kappa shape index (κ2) is 5.47. The van der Waals surface area contributed by atoms with Gasteiger partial charge in [0.15, 0.2) is 0 Å². The Bertz CT molecular complexity index is 289. The van der Waals surface area contributed by atoms with Crippen molar-refractivity contribution in [3.8, 4) is 0 Å². The third kappa shape index (κ3) is 3.07. The first kappa shape index (κ1) is 11.7. The summed E-state index contributed by atoms with van der Waals surface area (Å²) in [7, 11) is 0. The number of unbranched alkanes of at least 4 members (excludes halogenated alkanes) is 1. The second-order valence-corrected chi connectivity index (χ2v) is 4.28. The SMILES string of the molecule is Cc1c(F)cc(CCCCN)cc1Br. The molecule has 0 radical (unpaired) electrons. The zero-order valence-electron chi connectivity index (χ0n) is 8.32. The van der Waals surface area contributed by atoms with E-state index >= 15 is 0 Å². The summed E-state index contributed by atoms with van der Waals surface area (Å²) < 4.78 is 14.1. The average Bonchev–Trinajstić information content (AvgIpc) is 2.14. The Hall–Kier alpha value is -0.410. The number of nitrogens with two attached hydrogens (primary N) is 1. The Labute approximate surface area is 92.6 Å². The molecule has 1 aromatic carbocycles. The Morgan fingerprint density at radius 2 is 2.07 bits per heavy atom. The van der Waals surface area contributed by atoms with Gasteiger partial charge in [-0.05, 0) is 56.0 Å². The van der Waals surface area contributed by atoms with E-state index in [-0.39, 0.29) is 5.82 Å². The summed E-state index contributed by atoms with van der Waals surface area (Å²) in [6.07, 6.45) is 2.91. The molecule has 14 heavy (non-hydrogen) atoms. The van der Waals surface area contributed by atoms with Crippen molar-refractivity contribution >= 4 is 15.9 Å². The monoisotopic (exact) mass is 259 g/mol. The first-order chi connectivity index (χ1) is 6.65. The summed E-state index contributed by atoms with van der Waals surface area (Å²) in [6.45, 7) is 2.47. The van der Waals surface area contributed by atoms with Crippen molar-refractivity contribution in [2.45, 2.75) is 26.2 Å². The number of benzene rings is 1. The molecule has 0 saturated heterocycles. The van der Waals surface area contributed by atoms with Crippen LogP contribution in [0, 0.1) is 12.7 Å². The summed E-state index contributed by atoms with van der Waals surface area (Å²) in [5.74, 6) is -0.137. The minimum absolute atomic E-state index is 0.137. The third-order valence-electron chi connectivity index (χ3n) is 2.26. The lowest BCUT2D eigenvalue weighted by Crippen LogP contribution is -1.99. The number of rotatable bonds is 4. The third-order valence-corrected chi connectivity index (χ3v) is 3.08. The largest absolute Gasteiger partial charge is 0.330 e. The molecule has 0 heterocycles. The fraction of sp³-hybridized carbons (Fsp3) is 0.455. The van der Waals surface area contributed by atoms with Gasteiger partial charge < -0.3 is 5.73 Å². The van der Waals surface area contributed by atoms with Crippen molar-refractivity contribution in [3.63, 3.8) is 0 Å². The molecule has 78 valence electrons. The molecule has 0 spiro atoms. The Kier molecular flexibility index (Phi) is 4.55. The minimum atomic E-state index is -0.137. The van der Waals surface area contributed by atoms with Gasteiger partial charge in [-0.15, -0.1) is 0 Å². The van der Waals surface area contributed by atoms with Gasteiger partial charge in [-0.3, -0.25) is 0 Å². The van der Waals surface area contributed by atoms with Crippen LogP contribution in [0.2, 0.25) is 0 Å². The Balaban J connectivity index is 2.69. The van der Waals surface area contributed by atoms with Gasteiger partial charge in [-0.1, -0.05) is 15.9 Å². The Morgan fingerprint density at radius 3 is 2.64 bits per heavy atom. The van der Waals surface area contributed by atoms with Gasteiger partial charge in [0.25, 0.3) is 0 Å². The summed E-state index contributed by atoms with van der Waals surface area (Å²) in [6, 6.07) is 3.59. The zero-order chi connectivity index (χ0) is 10.6. The van der Waals surface area contributed by atoms with Crippen LogP contribution in [0.25, 0.3) is 0 Å². The van der Waals surface area contributed by atoms with E-state index in [0.717, 1.165) is 29.3 Å². The highest BCUT2D eigenvalue weighted by atomic mass is 79.9. The average molecular weight is 260 g/mol. The standard InChI is InChI=1S/C11H15BrFN/c1-8-10(12)6-9(7-11(8)13)4-2-3-5-14/h6-7H,2-5,14H2,1H3. The highest BCUT2D eigenvalue weighted by molar-refractivity contribution is 9.10. The predicted octanol–water partition coefficient (Wildman–Crippen LogP) is 3.18. The van der Waals surface area contributed by atoms with Crippen molar-refractivity contribution in [2.75, 3.05) is 6.54 Å². The molecule has 0 amide bonds. The molecule has 2 N–H and O–H groups in total. The number of halogens is 2. The maximum atomic E-state index is 13.3. The molecule has 0 aliphatic heterocycles. The van der Waals surface area contributed by atoms with Crippen molar-refractivity contribution in [1.29, 1.82) is 0 Å². The van der Waals surface area contributed by atoms with Crippen LogP contribution in [-0.2, 0) is 6.42 Å². The van der Waals surface area contributed by atoms with Gasteiger partial charge in [0.2, 0.25) is 0 Å². The van der Waals surface area contributed by atoms with Crippen LogP contribution >= 0.6 is 15.9 Å². The zero-order valence-corrected chi connectivity index (χ0v) is 9.90. The number of hydrogen-bond acceptors (Lipinski definition) is 1. The van der Waals surface area contributed by atoms with E-state index in [2.05, 4.69) is 15.9 Å². The molecule has 1 nitrogen and oxygen atoms in total. The summed E-state index contributed by atoms with van der Waals surface area (Å²) in [4.78, 5) is 0. The fourth-order valence-corrected chi connectivity index (χ4v) is 1.80. The Morgan fingerprint density at radius 1 is 1.36 bits per heavy atom. The van der Waals surface area contributed by atoms with Crippen molar-refractivity contribution in [3.05, 3.63) is 33.5 Å². The summed E-state index contributed by atoms with van der Waals surface area (Å²) in [5, 5.41) is 0. The van der Waals surface area contributed by atoms with Crippen molar-refractivity contribution in [1.82, 2.24) is 0 Å². The van der Waals surface area contributed by atoms with Crippen LogP contribution in [-0.4, -0.2) is 6.54 Å². The van der Waals surface area contributed by atoms with Crippen molar-refractivity contribution < 1.29 is 4.39 Å². The molecule has 0 saturated carbocycles. The highest BCUT2D eigenvalue weighted by Gasteiger charge is 2.04. The molecule has 0 fully saturated rings. The van der Waals surface area contributed by atoms with Crippen LogP contribution in [0.4, 0.5) is 4.39 Å². The minimum Gasteiger partial charge on any atom is -0.330 e. The number of aryl methyl sites for hydroxylation is 1. The van der Waals surface area contributed by atoms with E-state index in [4.69, 9.17) is 5.73 Å². The van der Waals surface area contributed by atoms with Crippen LogP contribution < -0.4 is 5.73 Å². The molecule has 0 atom stereocenters. The molecule has 0 aromatic heterocycles. The van der Waals surface area contributed by atoms with E-state index in [1.165, 1.54) is 0 Å². The van der Waals surface area contributed by atoms with Gasteiger partial charge in [0, 0.05) is 4.47 Å². The molecule has 0 unspecified atom stereocenters. The van der Waals surface area contributed by atoms with Crippen LogP contribution in [0.5, 0.6) is 0 Å². The maximum Gasteiger partial charge on any atom is 0.127 e. The molecular weight excluding hydrogens is 245 g/mol. The lowest BCUT2D eigenvalue weighted by atomic mass is 10.1. The van der Waals surface area contributed by atoms with Gasteiger partial charge in [0.1, 0.15) is 5.82 Å². The van der Waals surface area contributed by atoms with Crippen LogP contribution in [0.3, 0.4) is 0 Å². The molecular formula is C11H15BrFN. The quantitative estimate of drug-likeness (QED) is 0.827. The van der Waals surface area contributed by atoms with Crippen LogP contribution in [0.15, 0.2) is 16.6 Å². The first-order valence-corrected chi connectivity index (χ1v) is 5.59. The van der Waals surface area contributed by atoms with Crippen molar-refractivity contribution in [2.24, 2.45) is 5.73 Å². The molecule has 0 bridgehead atoms. The van der Waals surface area contributed by atoms with Gasteiger partial charge in [0.05, 0.1) is 0 Å². The predicted molar refractivity (Wildman–Crippen MR) is 60.8 cm³/mol. The van der Waals surface area contributed by atoms with E-state index in [0.29, 0.717) is 12.1 Å². The topological polar surface area (TPSA) is 26.0 Å². The smallest absolute Gasteiger partial charge is 0.127 e. The highest BCUT2D eigenvalue weighted by Crippen LogP contribution is 2.21. The van der Waals surface area contributed by atoms with E-state index in [1.807, 2.05) is 6.07 Å². The molecule has 0 aliphatic carbocycles. The van der Waals surface area contributed by atoms with E-state index < -0.39 is 0 Å². The summed E-state index contributed by atoms with van der Waals surface area (Å²) >= 11 is 3.34. The van der Waals surface area contributed by atoms with Gasteiger partial charge in [-0.2, -0.15) is 0 Å². The maximum absolute atomic E-state index is 13.3. The molecule has 1 rings (SSSR count). The normalized spacial score (nSPS) is 10.6. The molecule has 3 heteroatoms. The van der Waals surface area contributed by atoms with Gasteiger partial charge >= 0.3 is 0 Å². The lowest BCUT2D eigenvalue weighted by Gasteiger charge is -2.05. The van der Waals surface area contributed by atoms with Crippen LogP contribution in [0.1, 0.15) is 24.0 Å². The fourth-order valence-electron chi connectivity index (χ4n) is 1.32. The lowest BCUT2D eigenvalue weighted by molar-refractivity contribution is 0.613. The summed E-state index contributed by atoms with van der Waals surface area (Å²) in [5.41, 5.74) is 7.10. The molecule has 0 aliphatic rings. The van der Waals surface area contributed by atoms with E-state index in [9.17, 15) is 4.39 Å². The first-order valence-electron chi connectivity index (χ1n) is 4.79. The number of hydrogen-bond donors (Lipinski definition) is 1.